The second-order valence-electron chi connectivity index (χ2n) is 6.48. The summed E-state index contributed by atoms with van der Waals surface area (Å²) in [4.78, 5) is 13.7. The van der Waals surface area contributed by atoms with Crippen LogP contribution < -0.4 is 5.73 Å². The maximum Gasteiger partial charge on any atom is 0.342 e. The Morgan fingerprint density at radius 1 is 1.33 bits per heavy atom. The molecule has 0 radical (unpaired) electrons. The number of nitrogens with two attached hydrogens (primary N) is 1. The van der Waals surface area contributed by atoms with Crippen molar-refractivity contribution in [2.75, 3.05) is 5.73 Å². The van der Waals surface area contributed by atoms with Crippen molar-refractivity contribution in [2.45, 2.75) is 39.7 Å². The van der Waals surface area contributed by atoms with Gasteiger partial charge in [0.05, 0.1) is 0 Å². The number of hydrogen-bond acceptors (Lipinski definition) is 4. The van der Waals surface area contributed by atoms with Gasteiger partial charge in [-0.3, -0.25) is 0 Å². The molecule has 1 aromatic heterocycles. The summed E-state index contributed by atoms with van der Waals surface area (Å²) in [6.45, 7) is 7.66. The molecule has 1 aromatic carbocycles. The van der Waals surface area contributed by atoms with Gasteiger partial charge >= 0.3 is 5.97 Å². The summed E-state index contributed by atoms with van der Waals surface area (Å²) in [5, 5.41) is 0.557. The number of carbonyl (C=O) groups excluding carboxylic acids is 1. The fourth-order valence-electron chi connectivity index (χ4n) is 2.69. The summed E-state index contributed by atoms with van der Waals surface area (Å²) >= 11 is 1.50. The quantitative estimate of drug-likeness (QED) is 0.686. The molecule has 3 rings (SSSR count). The SMILES string of the molecule is Cc1ccc2c(c1)-c1c(sc(N)c1C(=O)OC(C)(C)C)C2. The Morgan fingerprint density at radius 2 is 2.05 bits per heavy atom. The van der Waals surface area contributed by atoms with Gasteiger partial charge in [-0.05, 0) is 38.8 Å². The van der Waals surface area contributed by atoms with Crippen molar-refractivity contribution in [2.24, 2.45) is 0 Å². The van der Waals surface area contributed by atoms with Crippen molar-refractivity contribution in [1.29, 1.82) is 0 Å². The Bertz CT molecular complexity index is 738. The van der Waals surface area contributed by atoms with Crippen molar-refractivity contribution in [1.82, 2.24) is 0 Å². The first kappa shape index (κ1) is 14.1. The highest BCUT2D eigenvalue weighted by atomic mass is 32.1. The van der Waals surface area contributed by atoms with Crippen molar-refractivity contribution >= 4 is 22.3 Å². The molecule has 0 aliphatic heterocycles. The fraction of sp³-hybridized carbons (Fsp3) is 0.353. The Morgan fingerprint density at radius 3 is 2.71 bits per heavy atom. The lowest BCUT2D eigenvalue weighted by molar-refractivity contribution is 0.00722. The van der Waals surface area contributed by atoms with E-state index in [9.17, 15) is 4.79 Å². The van der Waals surface area contributed by atoms with Crippen LogP contribution in [0.1, 0.15) is 47.1 Å². The third-order valence-corrected chi connectivity index (χ3v) is 4.52. The van der Waals surface area contributed by atoms with Gasteiger partial charge in [0, 0.05) is 16.9 Å². The minimum Gasteiger partial charge on any atom is -0.456 e. The van der Waals surface area contributed by atoms with Gasteiger partial charge in [0.2, 0.25) is 0 Å². The van der Waals surface area contributed by atoms with Crippen LogP contribution >= 0.6 is 11.3 Å². The molecule has 21 heavy (non-hydrogen) atoms. The highest BCUT2D eigenvalue weighted by Gasteiger charge is 2.31. The van der Waals surface area contributed by atoms with Gasteiger partial charge in [0.25, 0.3) is 0 Å². The zero-order valence-electron chi connectivity index (χ0n) is 12.7. The average Bonchev–Trinajstić information content (AvgIpc) is 2.81. The molecule has 0 unspecified atom stereocenters. The molecule has 0 saturated heterocycles. The second-order valence-corrected chi connectivity index (χ2v) is 7.62. The number of nitrogen functional groups attached to an aromatic ring is 1. The predicted molar refractivity (Wildman–Crippen MR) is 86.9 cm³/mol. The molecule has 1 aliphatic carbocycles. The first-order chi connectivity index (χ1) is 9.76. The van der Waals surface area contributed by atoms with Gasteiger partial charge in [0.15, 0.2) is 0 Å². The number of benzene rings is 1. The molecule has 0 bridgehead atoms. The van der Waals surface area contributed by atoms with Crippen LogP contribution in [0, 0.1) is 6.92 Å². The van der Waals surface area contributed by atoms with Gasteiger partial charge in [-0.15, -0.1) is 11.3 Å². The van der Waals surface area contributed by atoms with Gasteiger partial charge in [-0.2, -0.15) is 0 Å². The first-order valence-electron chi connectivity index (χ1n) is 7.00. The number of aryl methyl sites for hydroxylation is 1. The Kier molecular flexibility index (Phi) is 3.10. The summed E-state index contributed by atoms with van der Waals surface area (Å²) in [7, 11) is 0. The van der Waals surface area contributed by atoms with Gasteiger partial charge in [-0.25, -0.2) is 4.79 Å². The third kappa shape index (κ3) is 2.44. The molecule has 0 spiro atoms. The molecule has 4 heteroatoms. The van der Waals surface area contributed by atoms with Crippen LogP contribution in [-0.4, -0.2) is 11.6 Å². The Labute approximate surface area is 128 Å². The zero-order valence-corrected chi connectivity index (χ0v) is 13.6. The van der Waals surface area contributed by atoms with E-state index >= 15 is 0 Å². The number of thiophene rings is 1. The summed E-state index contributed by atoms with van der Waals surface area (Å²) in [5.74, 6) is -0.327. The molecule has 0 saturated carbocycles. The number of carbonyl (C=O) groups is 1. The number of hydrogen-bond donors (Lipinski definition) is 1. The lowest BCUT2D eigenvalue weighted by atomic mass is 10.0. The van der Waals surface area contributed by atoms with Crippen molar-refractivity contribution in [3.63, 3.8) is 0 Å². The second kappa shape index (κ2) is 4.60. The number of fused-ring (bicyclic) bond motifs is 3. The van der Waals surface area contributed by atoms with E-state index in [4.69, 9.17) is 10.5 Å². The maximum atomic E-state index is 12.5. The average molecular weight is 301 g/mol. The van der Waals surface area contributed by atoms with Crippen LogP contribution in [0.3, 0.4) is 0 Å². The molecule has 1 heterocycles. The van der Waals surface area contributed by atoms with Crippen LogP contribution in [0.4, 0.5) is 5.00 Å². The van der Waals surface area contributed by atoms with Crippen LogP contribution in [0.25, 0.3) is 11.1 Å². The van der Waals surface area contributed by atoms with E-state index in [1.54, 1.807) is 0 Å². The summed E-state index contributed by atoms with van der Waals surface area (Å²) in [6.07, 6.45) is 0.850. The van der Waals surface area contributed by atoms with Gasteiger partial charge in [0.1, 0.15) is 16.2 Å². The largest absolute Gasteiger partial charge is 0.456 e. The molecule has 3 nitrogen and oxygen atoms in total. The monoisotopic (exact) mass is 301 g/mol. The van der Waals surface area contributed by atoms with E-state index in [1.807, 2.05) is 20.8 Å². The van der Waals surface area contributed by atoms with Crippen LogP contribution in [0.2, 0.25) is 0 Å². The highest BCUT2D eigenvalue weighted by molar-refractivity contribution is 7.17. The molecular formula is C17H19NO2S. The highest BCUT2D eigenvalue weighted by Crippen LogP contribution is 2.47. The summed E-state index contributed by atoms with van der Waals surface area (Å²) in [6, 6.07) is 6.36. The molecule has 0 fully saturated rings. The fourth-order valence-corrected chi connectivity index (χ4v) is 3.78. The minimum atomic E-state index is -0.521. The topological polar surface area (TPSA) is 52.3 Å². The van der Waals surface area contributed by atoms with E-state index in [0.717, 1.165) is 22.4 Å². The molecule has 0 atom stereocenters. The Balaban J connectivity index is 2.12. The van der Waals surface area contributed by atoms with Crippen molar-refractivity contribution in [3.05, 3.63) is 39.8 Å². The minimum absolute atomic E-state index is 0.327. The van der Waals surface area contributed by atoms with E-state index in [-0.39, 0.29) is 5.97 Å². The van der Waals surface area contributed by atoms with E-state index in [2.05, 4.69) is 25.1 Å². The van der Waals surface area contributed by atoms with E-state index < -0.39 is 5.60 Å². The molecule has 1 aliphatic rings. The maximum absolute atomic E-state index is 12.5. The van der Waals surface area contributed by atoms with Gasteiger partial charge < -0.3 is 10.5 Å². The van der Waals surface area contributed by atoms with E-state index in [1.165, 1.54) is 22.5 Å². The number of ether oxygens (including phenoxy) is 1. The summed E-state index contributed by atoms with van der Waals surface area (Å²) in [5.41, 5.74) is 10.6. The standard InChI is InChI=1S/C17H19NO2S/c1-9-5-6-10-8-12-13(11(10)7-9)14(15(18)21-12)16(19)20-17(2,3)4/h5-7H,8,18H2,1-4H3. The van der Waals surface area contributed by atoms with Crippen molar-refractivity contribution < 1.29 is 9.53 Å². The Hall–Kier alpha value is -1.81. The molecule has 2 aromatic rings. The van der Waals surface area contributed by atoms with Crippen LogP contribution in [0.15, 0.2) is 18.2 Å². The number of esters is 1. The smallest absolute Gasteiger partial charge is 0.342 e. The zero-order chi connectivity index (χ0) is 15.4. The van der Waals surface area contributed by atoms with Gasteiger partial charge in [-0.1, -0.05) is 23.8 Å². The van der Waals surface area contributed by atoms with Crippen LogP contribution in [0.5, 0.6) is 0 Å². The normalized spacial score (nSPS) is 13.0. The predicted octanol–water partition coefficient (Wildman–Crippen LogP) is 4.17. The van der Waals surface area contributed by atoms with Crippen LogP contribution in [-0.2, 0) is 11.2 Å². The van der Waals surface area contributed by atoms with E-state index in [0.29, 0.717) is 10.6 Å². The summed E-state index contributed by atoms with van der Waals surface area (Å²) < 4.78 is 5.52. The number of rotatable bonds is 1. The third-order valence-electron chi connectivity index (χ3n) is 3.50. The van der Waals surface area contributed by atoms with Crippen molar-refractivity contribution in [3.8, 4) is 11.1 Å². The molecular weight excluding hydrogens is 282 g/mol. The molecule has 110 valence electrons. The number of anilines is 1. The molecule has 0 amide bonds. The lowest BCUT2D eigenvalue weighted by Crippen LogP contribution is -2.24. The first-order valence-corrected chi connectivity index (χ1v) is 7.82. The molecule has 2 N–H and O–H groups in total. The lowest BCUT2D eigenvalue weighted by Gasteiger charge is -2.20.